The van der Waals surface area contributed by atoms with Crippen LogP contribution in [0.15, 0.2) is 52.1 Å². The quantitative estimate of drug-likeness (QED) is 0.386. The van der Waals surface area contributed by atoms with Gasteiger partial charge in [-0.25, -0.2) is 0 Å². The monoisotopic (exact) mass is 425 g/mol. The molecule has 31 heavy (non-hydrogen) atoms. The maximum absolute atomic E-state index is 12.1. The van der Waals surface area contributed by atoms with Crippen LogP contribution in [0.4, 0.5) is 0 Å². The zero-order valence-corrected chi connectivity index (χ0v) is 18.9. The number of amides is 1. The summed E-state index contributed by atoms with van der Waals surface area (Å²) in [5.41, 5.74) is 2.25. The number of hydrogen-bond acceptors (Lipinski definition) is 4. The molecule has 1 amide bonds. The van der Waals surface area contributed by atoms with Crippen molar-refractivity contribution in [2.75, 3.05) is 46.3 Å². The molecule has 1 aromatic heterocycles. The number of piperazine rings is 1. The molecule has 7 nitrogen and oxygen atoms in total. The highest BCUT2D eigenvalue weighted by Gasteiger charge is 2.25. The van der Waals surface area contributed by atoms with Crippen molar-refractivity contribution in [1.82, 2.24) is 20.4 Å². The fraction of sp³-hybridized carbons (Fsp3) is 0.500. The number of guanidine groups is 1. The predicted octanol–water partition coefficient (Wildman–Crippen LogP) is 3.05. The van der Waals surface area contributed by atoms with Crippen molar-refractivity contribution in [3.8, 4) is 0 Å². The highest BCUT2D eigenvalue weighted by Crippen LogP contribution is 2.25. The predicted molar refractivity (Wildman–Crippen MR) is 124 cm³/mol. The number of aliphatic imine (C=N–C) groups is 1. The van der Waals surface area contributed by atoms with E-state index in [1.54, 1.807) is 6.07 Å². The van der Waals surface area contributed by atoms with Gasteiger partial charge in [0.1, 0.15) is 0 Å². The lowest BCUT2D eigenvalue weighted by Gasteiger charge is -2.40. The first-order valence-corrected chi connectivity index (χ1v) is 11.2. The maximum Gasteiger partial charge on any atom is 0.287 e. The first-order valence-electron chi connectivity index (χ1n) is 11.2. The van der Waals surface area contributed by atoms with Crippen LogP contribution in [0.3, 0.4) is 0 Å². The van der Waals surface area contributed by atoms with Gasteiger partial charge in [0.2, 0.25) is 0 Å². The van der Waals surface area contributed by atoms with E-state index in [9.17, 15) is 4.79 Å². The molecule has 0 radical (unpaired) electrons. The second kappa shape index (κ2) is 11.6. The van der Waals surface area contributed by atoms with Gasteiger partial charge in [-0.15, -0.1) is 0 Å². The summed E-state index contributed by atoms with van der Waals surface area (Å²) >= 11 is 0. The van der Waals surface area contributed by atoms with Crippen LogP contribution in [0.1, 0.15) is 47.5 Å². The fourth-order valence-electron chi connectivity index (χ4n) is 4.13. The molecule has 2 aromatic rings. The largest absolute Gasteiger partial charge is 0.459 e. The Balaban J connectivity index is 1.39. The molecule has 1 aliphatic rings. The van der Waals surface area contributed by atoms with Crippen LogP contribution < -0.4 is 10.6 Å². The molecular formula is C24H35N5O2. The lowest BCUT2D eigenvalue weighted by Crippen LogP contribution is -2.53. The van der Waals surface area contributed by atoms with E-state index >= 15 is 0 Å². The Kier molecular flexibility index (Phi) is 8.53. The minimum atomic E-state index is -0.160. The average molecular weight is 426 g/mol. The number of hydrogen-bond donors (Lipinski definition) is 2. The Labute approximate surface area is 185 Å². The molecule has 1 aliphatic heterocycles. The molecule has 0 saturated carbocycles. The van der Waals surface area contributed by atoms with Gasteiger partial charge in [-0.2, -0.15) is 0 Å². The lowest BCUT2D eigenvalue weighted by molar-refractivity contribution is 0.0924. The Hall–Kier alpha value is -2.80. The summed E-state index contributed by atoms with van der Waals surface area (Å²) in [6, 6.07) is 13.0. The number of carbonyl (C=O) groups excluding carboxylic acids is 1. The number of nitrogens with one attached hydrogen (secondary N) is 2. The van der Waals surface area contributed by atoms with Crippen molar-refractivity contribution in [2.45, 2.75) is 32.7 Å². The zero-order chi connectivity index (χ0) is 22.1. The third-order valence-electron chi connectivity index (χ3n) is 5.83. The van der Waals surface area contributed by atoms with E-state index in [1.807, 2.05) is 14.0 Å². The Bertz CT molecular complexity index is 841. The van der Waals surface area contributed by atoms with E-state index in [2.05, 4.69) is 62.7 Å². The van der Waals surface area contributed by atoms with Gasteiger partial charge < -0.3 is 20.0 Å². The minimum absolute atomic E-state index is 0.160. The summed E-state index contributed by atoms with van der Waals surface area (Å²) in [7, 11) is 1.83. The van der Waals surface area contributed by atoms with Gasteiger partial charge in [-0.3, -0.25) is 14.7 Å². The van der Waals surface area contributed by atoms with E-state index in [1.165, 1.54) is 11.8 Å². The summed E-state index contributed by atoms with van der Waals surface area (Å²) in [5.74, 6) is 1.16. The Morgan fingerprint density at radius 2 is 1.81 bits per heavy atom. The average Bonchev–Trinajstić information content (AvgIpc) is 3.24. The number of aryl methyl sites for hydroxylation is 1. The number of carbonyl (C=O) groups is 1. The van der Waals surface area contributed by atoms with Crippen LogP contribution >= 0.6 is 0 Å². The number of rotatable bonds is 8. The molecule has 2 heterocycles. The van der Waals surface area contributed by atoms with Crippen LogP contribution in [-0.2, 0) is 0 Å². The van der Waals surface area contributed by atoms with E-state index < -0.39 is 0 Å². The van der Waals surface area contributed by atoms with Crippen molar-refractivity contribution in [3.05, 3.63) is 59.5 Å². The van der Waals surface area contributed by atoms with Gasteiger partial charge in [0.15, 0.2) is 11.7 Å². The molecule has 1 aromatic carbocycles. The van der Waals surface area contributed by atoms with Gasteiger partial charge >= 0.3 is 0 Å². The molecule has 2 N–H and O–H groups in total. The standard InChI is InChI=1S/C24H35N5O2/c1-4-21(20-9-6-5-7-10-20)28-14-16-29(17-15-28)24(25-3)27-13-8-12-26-23(30)22-19(2)11-18-31-22/h5-7,9-11,18,21H,4,8,12-17H2,1-3H3,(H,25,27)(H,26,30). The molecule has 1 saturated heterocycles. The van der Waals surface area contributed by atoms with Crippen molar-refractivity contribution >= 4 is 11.9 Å². The number of benzene rings is 1. The van der Waals surface area contributed by atoms with Crippen molar-refractivity contribution < 1.29 is 9.21 Å². The first-order chi connectivity index (χ1) is 15.1. The molecule has 0 aliphatic carbocycles. The van der Waals surface area contributed by atoms with Gasteiger partial charge in [0.25, 0.3) is 5.91 Å². The molecule has 3 rings (SSSR count). The second-order valence-corrected chi connectivity index (χ2v) is 7.87. The summed E-state index contributed by atoms with van der Waals surface area (Å²) in [6.45, 7) is 9.43. The highest BCUT2D eigenvalue weighted by atomic mass is 16.3. The summed E-state index contributed by atoms with van der Waals surface area (Å²) in [6.07, 6.45) is 3.47. The van der Waals surface area contributed by atoms with Gasteiger partial charge in [-0.1, -0.05) is 37.3 Å². The van der Waals surface area contributed by atoms with Gasteiger partial charge in [0, 0.05) is 57.9 Å². The van der Waals surface area contributed by atoms with Crippen LogP contribution in [0.25, 0.3) is 0 Å². The summed E-state index contributed by atoms with van der Waals surface area (Å²) in [5, 5.41) is 6.34. The Morgan fingerprint density at radius 3 is 2.42 bits per heavy atom. The zero-order valence-electron chi connectivity index (χ0n) is 18.9. The highest BCUT2D eigenvalue weighted by molar-refractivity contribution is 5.92. The minimum Gasteiger partial charge on any atom is -0.459 e. The van der Waals surface area contributed by atoms with Crippen LogP contribution in [-0.4, -0.2) is 68.0 Å². The summed E-state index contributed by atoms with van der Waals surface area (Å²) in [4.78, 5) is 21.4. The molecule has 1 unspecified atom stereocenters. The molecule has 1 atom stereocenters. The maximum atomic E-state index is 12.1. The number of nitrogens with zero attached hydrogens (tertiary/aromatic N) is 3. The second-order valence-electron chi connectivity index (χ2n) is 7.87. The van der Waals surface area contributed by atoms with E-state index in [4.69, 9.17) is 4.42 Å². The molecule has 0 spiro atoms. The van der Waals surface area contributed by atoms with Crippen LogP contribution in [0.5, 0.6) is 0 Å². The van der Waals surface area contributed by atoms with E-state index in [0.717, 1.165) is 57.1 Å². The molecule has 0 bridgehead atoms. The fourth-order valence-corrected chi connectivity index (χ4v) is 4.13. The Morgan fingerprint density at radius 1 is 1.10 bits per heavy atom. The van der Waals surface area contributed by atoms with Crippen LogP contribution in [0.2, 0.25) is 0 Å². The summed E-state index contributed by atoms with van der Waals surface area (Å²) < 4.78 is 5.22. The SMILES string of the molecule is CCC(c1ccccc1)N1CCN(C(=NC)NCCCNC(=O)c2occc2C)CC1. The van der Waals surface area contributed by atoms with Crippen LogP contribution in [0, 0.1) is 6.92 Å². The normalized spacial score (nSPS) is 16.2. The molecular weight excluding hydrogens is 390 g/mol. The third-order valence-corrected chi connectivity index (χ3v) is 5.83. The smallest absolute Gasteiger partial charge is 0.287 e. The topological polar surface area (TPSA) is 73.1 Å². The van der Waals surface area contributed by atoms with Gasteiger partial charge in [-0.05, 0) is 31.4 Å². The number of furan rings is 1. The third kappa shape index (κ3) is 6.10. The molecule has 7 heteroatoms. The van der Waals surface area contributed by atoms with Crippen molar-refractivity contribution in [2.24, 2.45) is 4.99 Å². The molecule has 1 fully saturated rings. The van der Waals surface area contributed by atoms with E-state index in [-0.39, 0.29) is 5.91 Å². The first kappa shape index (κ1) is 22.9. The lowest BCUT2D eigenvalue weighted by atomic mass is 10.0. The molecule has 168 valence electrons. The van der Waals surface area contributed by atoms with Crippen molar-refractivity contribution in [1.29, 1.82) is 0 Å². The van der Waals surface area contributed by atoms with Gasteiger partial charge in [0.05, 0.1) is 6.26 Å². The van der Waals surface area contributed by atoms with Crippen molar-refractivity contribution in [3.63, 3.8) is 0 Å². The van der Waals surface area contributed by atoms with E-state index in [0.29, 0.717) is 18.3 Å².